The Labute approximate surface area is 161 Å². The van der Waals surface area contributed by atoms with Crippen molar-refractivity contribution in [1.82, 2.24) is 0 Å². The van der Waals surface area contributed by atoms with Gasteiger partial charge in [-0.2, -0.15) is 4.20 Å². The van der Waals surface area contributed by atoms with Crippen LogP contribution in [0.25, 0.3) is 0 Å². The molecule has 0 aliphatic heterocycles. The van der Waals surface area contributed by atoms with Crippen molar-refractivity contribution in [1.29, 1.82) is 0 Å². The van der Waals surface area contributed by atoms with E-state index in [4.69, 9.17) is 39.9 Å². The van der Waals surface area contributed by atoms with Crippen LogP contribution in [0.15, 0.2) is 30.3 Å². The fourth-order valence-corrected chi connectivity index (χ4v) is 0.851. The van der Waals surface area contributed by atoms with Gasteiger partial charge in [-0.3, -0.25) is 4.57 Å². The third kappa shape index (κ3) is 18.8. The molecular weight excluding hydrogens is 381 g/mol. The predicted molar refractivity (Wildman–Crippen MR) is 71.6 cm³/mol. The number of benzene rings is 1. The van der Waals surface area contributed by atoms with Crippen molar-refractivity contribution >= 4 is 25.8 Å². The van der Waals surface area contributed by atoms with Crippen LogP contribution < -0.4 is 34.5 Å². The van der Waals surface area contributed by atoms with Crippen LogP contribution in [0.5, 0.6) is 0 Å². The molecule has 0 heterocycles. The fraction of sp³-hybridized carbons (Fsp3) is 0.182. The van der Waals surface area contributed by atoms with Crippen molar-refractivity contribution in [3.05, 3.63) is 35.9 Å². The predicted octanol–water partition coefficient (Wildman–Crippen LogP) is -4.32. The zero-order valence-corrected chi connectivity index (χ0v) is 15.5. The summed E-state index contributed by atoms with van der Waals surface area (Å²) in [7, 11) is -5.39. The monoisotopic (exact) mass is 394 g/mol. The van der Waals surface area contributed by atoms with E-state index >= 15 is 0 Å². The molecule has 6 N–H and O–H groups in total. The van der Waals surface area contributed by atoms with Crippen molar-refractivity contribution in [3.63, 3.8) is 0 Å². The van der Waals surface area contributed by atoms with Gasteiger partial charge >= 0.3 is 55.4 Å². The third-order valence-electron chi connectivity index (χ3n) is 1.83. The molecule has 0 aliphatic rings. The molecule has 0 aromatic heterocycles. The summed E-state index contributed by atoms with van der Waals surface area (Å²) in [6, 6.07) is 8.30. The van der Waals surface area contributed by atoms with Crippen LogP contribution in [0.4, 0.5) is 4.20 Å². The summed E-state index contributed by atoms with van der Waals surface area (Å²) in [5, 5.41) is 40.9. The molecule has 0 radical (unpaired) electrons. The average molecular weight is 394 g/mol. The molecule has 0 aliphatic carbocycles. The number of aliphatic hydroxyl groups is 2. The van der Waals surface area contributed by atoms with E-state index in [0.717, 1.165) is 0 Å². The Morgan fingerprint density at radius 3 is 1.40 bits per heavy atom. The van der Waals surface area contributed by atoms with Crippen LogP contribution in [-0.2, 0) is 14.2 Å². The maximum absolute atomic E-state index is 10.2. The number of carboxylic acid groups (broad SMARTS) is 3. The first-order valence-corrected chi connectivity index (χ1v) is 7.07. The number of hydrogen-bond donors (Lipinski definition) is 6. The zero-order chi connectivity index (χ0) is 19.5. The van der Waals surface area contributed by atoms with Gasteiger partial charge in [-0.15, -0.1) is 0 Å². The quantitative estimate of drug-likeness (QED) is 0.212. The van der Waals surface area contributed by atoms with Crippen LogP contribution in [0.1, 0.15) is 10.4 Å². The van der Waals surface area contributed by atoms with Gasteiger partial charge in [0.05, 0.1) is 5.56 Å². The van der Waals surface area contributed by atoms with E-state index in [0.29, 0.717) is 5.56 Å². The van der Waals surface area contributed by atoms with Crippen molar-refractivity contribution in [2.75, 3.05) is 0 Å². The van der Waals surface area contributed by atoms with Crippen LogP contribution >= 0.6 is 7.91 Å². The van der Waals surface area contributed by atoms with Gasteiger partial charge in [-0.1, -0.05) is 18.2 Å². The molecule has 0 fully saturated rings. The molecule has 1 aromatic rings. The molecule has 1 aromatic carbocycles. The second-order valence-electron chi connectivity index (χ2n) is 3.69. The normalized spacial score (nSPS) is 13.8. The number of carboxylic acids is 3. The Balaban J connectivity index is -0.000000300. The summed E-state index contributed by atoms with van der Waals surface area (Å²) in [6.07, 6.45) is -4.53. The number of carbonyl (C=O) groups is 3. The van der Waals surface area contributed by atoms with Gasteiger partial charge in [-0.25, -0.2) is 14.4 Å². The molecule has 3 unspecified atom stereocenters. The molecule has 11 nitrogen and oxygen atoms in total. The van der Waals surface area contributed by atoms with Crippen LogP contribution in [0.3, 0.4) is 0 Å². The fourth-order valence-electron chi connectivity index (χ4n) is 0.851. The molecule has 25 heavy (non-hydrogen) atoms. The number of hydrogen-bond acceptors (Lipinski definition) is 7. The Hall–Kier alpha value is -1.37. The molecule has 0 saturated heterocycles. The zero-order valence-electron chi connectivity index (χ0n) is 12.6. The second kappa shape index (κ2) is 13.9. The first-order chi connectivity index (χ1) is 10.8. The van der Waals surface area contributed by atoms with Crippen LogP contribution in [0.2, 0.25) is 0 Å². The molecule has 14 heteroatoms. The standard InChI is InChI=1S/C7H6O2.C4H6O6.FH2O3P.Na/c8-7(9)6-4-2-1-3-5-6;5-1(3(7)8)2(6)4(9)10;1-5(2,3)4;/h1-5H,(H,8,9);1-2,5-6H,(H,7,8)(H,9,10);(H2,2,3,4);/q;;;+1/p-1. The Kier molecular flexibility index (Phi) is 15.8. The number of aliphatic carboxylic acids is 2. The summed E-state index contributed by atoms with van der Waals surface area (Å²) >= 11 is 0. The molecular formula is C11H13FNaO11P. The second-order valence-corrected chi connectivity index (χ2v) is 4.59. The third-order valence-corrected chi connectivity index (χ3v) is 1.83. The van der Waals surface area contributed by atoms with E-state index in [9.17, 15) is 18.6 Å². The van der Waals surface area contributed by atoms with Crippen molar-refractivity contribution in [2.45, 2.75) is 12.2 Å². The molecule has 1 rings (SSSR count). The van der Waals surface area contributed by atoms with Gasteiger partial charge in [-0.05, 0) is 12.1 Å². The number of rotatable bonds is 4. The Morgan fingerprint density at radius 1 is 0.960 bits per heavy atom. The minimum Gasteiger partial charge on any atom is -0.753 e. The minimum absolute atomic E-state index is 0. The summed E-state index contributed by atoms with van der Waals surface area (Å²) in [5.74, 6) is -4.42. The van der Waals surface area contributed by atoms with Gasteiger partial charge in [0.25, 0.3) is 0 Å². The van der Waals surface area contributed by atoms with Gasteiger partial charge < -0.3 is 35.3 Å². The Morgan fingerprint density at radius 2 is 1.24 bits per heavy atom. The maximum Gasteiger partial charge on any atom is 1.00 e. The van der Waals surface area contributed by atoms with Crippen LogP contribution in [0, 0.1) is 0 Å². The van der Waals surface area contributed by atoms with Gasteiger partial charge in [0.1, 0.15) is 0 Å². The first kappa shape index (κ1) is 28.4. The first-order valence-electron chi connectivity index (χ1n) is 5.61. The molecule has 0 bridgehead atoms. The minimum atomic E-state index is -5.39. The molecule has 3 atom stereocenters. The van der Waals surface area contributed by atoms with Crippen molar-refractivity contribution < 1.29 is 88.0 Å². The molecule has 0 saturated carbocycles. The molecule has 0 spiro atoms. The maximum atomic E-state index is 10.2. The van der Waals surface area contributed by atoms with Crippen molar-refractivity contribution in [2.24, 2.45) is 0 Å². The van der Waals surface area contributed by atoms with E-state index in [-0.39, 0.29) is 29.6 Å². The largest absolute Gasteiger partial charge is 1.00 e. The van der Waals surface area contributed by atoms with Gasteiger partial charge in [0.15, 0.2) is 12.2 Å². The Bertz CT molecular complexity index is 565. The number of aliphatic hydroxyl groups excluding tert-OH is 2. The van der Waals surface area contributed by atoms with E-state index in [1.54, 1.807) is 30.3 Å². The van der Waals surface area contributed by atoms with E-state index < -0.39 is 38.0 Å². The molecule has 136 valence electrons. The van der Waals surface area contributed by atoms with E-state index in [1.165, 1.54) is 0 Å². The topological polar surface area (TPSA) is 213 Å². The van der Waals surface area contributed by atoms with Gasteiger partial charge in [0.2, 0.25) is 0 Å². The van der Waals surface area contributed by atoms with E-state index in [1.807, 2.05) is 0 Å². The van der Waals surface area contributed by atoms with Gasteiger partial charge in [0, 0.05) is 0 Å². The SMILES string of the molecule is O=C(O)C(O)C(O)C(=O)O.O=C(O)c1ccccc1.O=P([O-])(O)F.[Na+]. The summed E-state index contributed by atoms with van der Waals surface area (Å²) in [4.78, 5) is 45.1. The summed E-state index contributed by atoms with van der Waals surface area (Å²) in [5.41, 5.74) is 0.331. The van der Waals surface area contributed by atoms with E-state index in [2.05, 4.69) is 0 Å². The number of halogens is 1. The summed E-state index contributed by atoms with van der Waals surface area (Å²) < 4.78 is 18.8. The summed E-state index contributed by atoms with van der Waals surface area (Å²) in [6.45, 7) is 0. The number of aromatic carboxylic acids is 1. The molecule has 0 amide bonds. The van der Waals surface area contributed by atoms with Crippen molar-refractivity contribution in [3.8, 4) is 0 Å². The van der Waals surface area contributed by atoms with Crippen LogP contribution in [-0.4, -0.2) is 60.5 Å². The average Bonchev–Trinajstić information content (AvgIpc) is 2.45. The smallest absolute Gasteiger partial charge is 0.753 e.